The highest BCUT2D eigenvalue weighted by atomic mass is 14.9. The minimum atomic E-state index is 0.391. The SMILES string of the molecule is CC(C)(C)C[C@H]1NCCc2ccccc21. The first-order valence-electron chi connectivity index (χ1n) is 5.87. The highest BCUT2D eigenvalue weighted by Gasteiger charge is 2.23. The highest BCUT2D eigenvalue weighted by molar-refractivity contribution is 5.32. The predicted octanol–water partition coefficient (Wildman–Crippen LogP) is 3.31. The zero-order chi connectivity index (χ0) is 10.9. The van der Waals surface area contributed by atoms with E-state index in [1.54, 1.807) is 0 Å². The molecule has 0 saturated heterocycles. The monoisotopic (exact) mass is 203 g/mol. The topological polar surface area (TPSA) is 12.0 Å². The summed E-state index contributed by atoms with van der Waals surface area (Å²) in [7, 11) is 0. The maximum atomic E-state index is 3.63. The Morgan fingerprint density at radius 2 is 2.00 bits per heavy atom. The molecule has 1 N–H and O–H groups in total. The Morgan fingerprint density at radius 1 is 1.27 bits per heavy atom. The van der Waals surface area contributed by atoms with Gasteiger partial charge in [-0.3, -0.25) is 0 Å². The molecule has 0 spiro atoms. The zero-order valence-electron chi connectivity index (χ0n) is 10.0. The number of rotatable bonds is 1. The van der Waals surface area contributed by atoms with Crippen LogP contribution >= 0.6 is 0 Å². The minimum Gasteiger partial charge on any atom is -0.310 e. The normalized spacial score (nSPS) is 21.1. The molecule has 82 valence electrons. The van der Waals surface area contributed by atoms with Crippen molar-refractivity contribution < 1.29 is 0 Å². The third kappa shape index (κ3) is 2.60. The van der Waals surface area contributed by atoms with Gasteiger partial charge in [0.1, 0.15) is 0 Å². The van der Waals surface area contributed by atoms with Gasteiger partial charge in [-0.05, 0) is 35.9 Å². The average Bonchev–Trinajstić information content (AvgIpc) is 2.16. The summed E-state index contributed by atoms with van der Waals surface area (Å²) >= 11 is 0. The van der Waals surface area contributed by atoms with Crippen molar-refractivity contribution >= 4 is 0 Å². The molecule has 1 aromatic rings. The van der Waals surface area contributed by atoms with Crippen molar-refractivity contribution in [2.75, 3.05) is 6.54 Å². The molecular formula is C14H21N. The smallest absolute Gasteiger partial charge is 0.0328 e. The lowest BCUT2D eigenvalue weighted by molar-refractivity contribution is 0.305. The largest absolute Gasteiger partial charge is 0.310 e. The standard InChI is InChI=1S/C14H21N/c1-14(2,3)10-13-12-7-5-4-6-11(12)8-9-15-13/h4-7,13,15H,8-10H2,1-3H3/t13-/m1/s1. The van der Waals surface area contributed by atoms with Crippen molar-refractivity contribution in [2.45, 2.75) is 39.7 Å². The van der Waals surface area contributed by atoms with E-state index in [1.807, 2.05) is 0 Å². The molecule has 1 aliphatic rings. The lowest BCUT2D eigenvalue weighted by Gasteiger charge is -2.32. The molecule has 0 aliphatic carbocycles. The summed E-state index contributed by atoms with van der Waals surface area (Å²) < 4.78 is 0. The molecule has 1 atom stereocenters. The molecule has 1 aromatic carbocycles. The van der Waals surface area contributed by atoms with Gasteiger partial charge in [0, 0.05) is 6.04 Å². The van der Waals surface area contributed by atoms with Gasteiger partial charge in [-0.2, -0.15) is 0 Å². The molecule has 0 aromatic heterocycles. The second-order valence-electron chi connectivity index (χ2n) is 5.72. The van der Waals surface area contributed by atoms with Gasteiger partial charge >= 0.3 is 0 Å². The molecule has 1 nitrogen and oxygen atoms in total. The van der Waals surface area contributed by atoms with E-state index in [-0.39, 0.29) is 0 Å². The van der Waals surface area contributed by atoms with E-state index in [4.69, 9.17) is 0 Å². The van der Waals surface area contributed by atoms with Crippen molar-refractivity contribution in [2.24, 2.45) is 5.41 Å². The molecular weight excluding hydrogens is 182 g/mol. The number of hydrogen-bond donors (Lipinski definition) is 1. The summed E-state index contributed by atoms with van der Waals surface area (Å²) in [6.07, 6.45) is 2.39. The summed E-state index contributed by atoms with van der Waals surface area (Å²) in [5.41, 5.74) is 3.44. The lowest BCUT2D eigenvalue weighted by atomic mass is 9.82. The minimum absolute atomic E-state index is 0.391. The van der Waals surface area contributed by atoms with Crippen LogP contribution in [0.25, 0.3) is 0 Å². The first kappa shape index (κ1) is 10.7. The van der Waals surface area contributed by atoms with E-state index in [1.165, 1.54) is 24.0 Å². The van der Waals surface area contributed by atoms with Crippen LogP contribution in [0.3, 0.4) is 0 Å². The van der Waals surface area contributed by atoms with Crippen LogP contribution in [-0.2, 0) is 6.42 Å². The van der Waals surface area contributed by atoms with Crippen LogP contribution in [-0.4, -0.2) is 6.54 Å². The molecule has 0 radical (unpaired) electrons. The molecule has 1 heterocycles. The fourth-order valence-corrected chi connectivity index (χ4v) is 2.39. The Labute approximate surface area is 92.9 Å². The van der Waals surface area contributed by atoms with Crippen LogP contribution in [0.1, 0.15) is 44.4 Å². The Kier molecular flexibility index (Phi) is 2.83. The summed E-state index contributed by atoms with van der Waals surface area (Å²) in [6, 6.07) is 9.40. The summed E-state index contributed by atoms with van der Waals surface area (Å²) in [6.45, 7) is 8.06. The Balaban J connectivity index is 2.22. The molecule has 0 amide bonds. The number of hydrogen-bond acceptors (Lipinski definition) is 1. The number of fused-ring (bicyclic) bond motifs is 1. The van der Waals surface area contributed by atoms with Gasteiger partial charge in [0.25, 0.3) is 0 Å². The molecule has 0 saturated carbocycles. The predicted molar refractivity (Wildman–Crippen MR) is 65.0 cm³/mol. The summed E-state index contributed by atoms with van der Waals surface area (Å²) in [4.78, 5) is 0. The molecule has 0 fully saturated rings. The number of nitrogens with one attached hydrogen (secondary N) is 1. The van der Waals surface area contributed by atoms with E-state index in [0.717, 1.165) is 6.54 Å². The third-order valence-corrected chi connectivity index (χ3v) is 3.03. The zero-order valence-corrected chi connectivity index (χ0v) is 10.0. The van der Waals surface area contributed by atoms with Crippen LogP contribution in [0.5, 0.6) is 0 Å². The lowest BCUT2D eigenvalue weighted by Crippen LogP contribution is -2.32. The molecule has 15 heavy (non-hydrogen) atoms. The van der Waals surface area contributed by atoms with Crippen molar-refractivity contribution in [3.63, 3.8) is 0 Å². The van der Waals surface area contributed by atoms with E-state index in [0.29, 0.717) is 11.5 Å². The van der Waals surface area contributed by atoms with E-state index >= 15 is 0 Å². The molecule has 1 heteroatoms. The van der Waals surface area contributed by atoms with Gasteiger partial charge in [0.2, 0.25) is 0 Å². The van der Waals surface area contributed by atoms with Gasteiger partial charge in [0.05, 0.1) is 0 Å². The van der Waals surface area contributed by atoms with Crippen molar-refractivity contribution in [1.82, 2.24) is 5.32 Å². The van der Waals surface area contributed by atoms with Crippen LogP contribution in [0.15, 0.2) is 24.3 Å². The molecule has 0 unspecified atom stereocenters. The van der Waals surface area contributed by atoms with Gasteiger partial charge in [-0.15, -0.1) is 0 Å². The van der Waals surface area contributed by atoms with E-state index in [2.05, 4.69) is 50.4 Å². The Bertz CT molecular complexity index is 335. The van der Waals surface area contributed by atoms with Gasteiger partial charge < -0.3 is 5.32 Å². The molecule has 1 aliphatic heterocycles. The van der Waals surface area contributed by atoms with E-state index < -0.39 is 0 Å². The van der Waals surface area contributed by atoms with Crippen LogP contribution in [0.4, 0.5) is 0 Å². The summed E-state index contributed by atoms with van der Waals surface area (Å²) in [5, 5.41) is 3.63. The quantitative estimate of drug-likeness (QED) is 0.738. The highest BCUT2D eigenvalue weighted by Crippen LogP contribution is 2.32. The van der Waals surface area contributed by atoms with Crippen molar-refractivity contribution in [3.05, 3.63) is 35.4 Å². The molecule has 2 rings (SSSR count). The van der Waals surface area contributed by atoms with Gasteiger partial charge in [0.15, 0.2) is 0 Å². The Morgan fingerprint density at radius 3 is 2.73 bits per heavy atom. The van der Waals surface area contributed by atoms with Crippen LogP contribution in [0, 0.1) is 5.41 Å². The van der Waals surface area contributed by atoms with E-state index in [9.17, 15) is 0 Å². The number of benzene rings is 1. The maximum Gasteiger partial charge on any atom is 0.0328 e. The second kappa shape index (κ2) is 3.97. The van der Waals surface area contributed by atoms with Crippen molar-refractivity contribution in [1.29, 1.82) is 0 Å². The fraction of sp³-hybridized carbons (Fsp3) is 0.571. The molecule has 0 bridgehead atoms. The van der Waals surface area contributed by atoms with Crippen molar-refractivity contribution in [3.8, 4) is 0 Å². The first-order chi connectivity index (χ1) is 7.06. The average molecular weight is 203 g/mol. The van der Waals surface area contributed by atoms with Gasteiger partial charge in [-0.1, -0.05) is 45.0 Å². The fourth-order valence-electron chi connectivity index (χ4n) is 2.39. The Hall–Kier alpha value is -0.820. The first-order valence-corrected chi connectivity index (χ1v) is 5.87. The maximum absolute atomic E-state index is 3.63. The van der Waals surface area contributed by atoms with Gasteiger partial charge in [-0.25, -0.2) is 0 Å². The summed E-state index contributed by atoms with van der Waals surface area (Å²) in [5.74, 6) is 0. The van der Waals surface area contributed by atoms with Crippen LogP contribution < -0.4 is 5.32 Å². The second-order valence-corrected chi connectivity index (χ2v) is 5.72. The van der Waals surface area contributed by atoms with Crippen LogP contribution in [0.2, 0.25) is 0 Å². The third-order valence-electron chi connectivity index (χ3n) is 3.03.